The summed E-state index contributed by atoms with van der Waals surface area (Å²) < 4.78 is 0. The van der Waals surface area contributed by atoms with Crippen molar-refractivity contribution in [3.63, 3.8) is 0 Å². The van der Waals surface area contributed by atoms with Crippen molar-refractivity contribution in [2.45, 2.75) is 19.9 Å². The van der Waals surface area contributed by atoms with Gasteiger partial charge in [0.2, 0.25) is 5.91 Å². The lowest BCUT2D eigenvalue weighted by Gasteiger charge is -2.33. The van der Waals surface area contributed by atoms with E-state index in [9.17, 15) is 14.9 Å². The van der Waals surface area contributed by atoms with Crippen LogP contribution in [0.4, 0.5) is 17.3 Å². The Morgan fingerprint density at radius 2 is 2.35 bits per heavy atom. The average molecular weight is 279 g/mol. The lowest BCUT2D eigenvalue weighted by Crippen LogP contribution is -2.54. The SMILES string of the molecule is CCNc1cc([N+](=O)[O-])cc(N2CCNC(=O)C2C)n1. The molecular formula is C12H17N5O3. The van der Waals surface area contributed by atoms with Gasteiger partial charge in [-0.3, -0.25) is 14.9 Å². The van der Waals surface area contributed by atoms with Gasteiger partial charge in [-0.05, 0) is 13.8 Å². The molecule has 1 aromatic heterocycles. The molecule has 1 unspecified atom stereocenters. The molecule has 20 heavy (non-hydrogen) atoms. The number of piperazine rings is 1. The van der Waals surface area contributed by atoms with Crippen LogP contribution in [-0.4, -0.2) is 41.5 Å². The van der Waals surface area contributed by atoms with Crippen LogP contribution in [0.15, 0.2) is 12.1 Å². The van der Waals surface area contributed by atoms with E-state index in [0.717, 1.165) is 0 Å². The van der Waals surface area contributed by atoms with E-state index in [1.165, 1.54) is 12.1 Å². The Labute approximate surface area is 116 Å². The van der Waals surface area contributed by atoms with Crippen LogP contribution in [0, 0.1) is 10.1 Å². The Hall–Kier alpha value is -2.38. The predicted molar refractivity (Wildman–Crippen MR) is 74.9 cm³/mol. The van der Waals surface area contributed by atoms with E-state index in [1.807, 2.05) is 6.92 Å². The molecule has 1 aromatic rings. The van der Waals surface area contributed by atoms with Gasteiger partial charge in [-0.2, -0.15) is 0 Å². The fourth-order valence-corrected chi connectivity index (χ4v) is 2.12. The molecule has 0 bridgehead atoms. The average Bonchev–Trinajstić information content (AvgIpc) is 2.42. The molecule has 2 rings (SSSR count). The molecule has 2 heterocycles. The van der Waals surface area contributed by atoms with Crippen LogP contribution >= 0.6 is 0 Å². The minimum absolute atomic E-state index is 0.0378. The number of nitrogens with one attached hydrogen (secondary N) is 2. The summed E-state index contributed by atoms with van der Waals surface area (Å²) in [5.74, 6) is 0.780. The highest BCUT2D eigenvalue weighted by Crippen LogP contribution is 2.25. The summed E-state index contributed by atoms with van der Waals surface area (Å²) >= 11 is 0. The fourth-order valence-electron chi connectivity index (χ4n) is 2.12. The predicted octanol–water partition coefficient (Wildman–Crippen LogP) is 0.746. The summed E-state index contributed by atoms with van der Waals surface area (Å²) in [6, 6.07) is 2.39. The summed E-state index contributed by atoms with van der Waals surface area (Å²) in [6.45, 7) is 5.33. The molecule has 8 heteroatoms. The number of carbonyl (C=O) groups excluding carboxylic acids is 1. The van der Waals surface area contributed by atoms with E-state index in [-0.39, 0.29) is 11.6 Å². The number of amides is 1. The molecule has 8 nitrogen and oxygen atoms in total. The van der Waals surface area contributed by atoms with Crippen LogP contribution in [0.5, 0.6) is 0 Å². The lowest BCUT2D eigenvalue weighted by atomic mass is 10.2. The minimum atomic E-state index is -0.458. The molecule has 1 saturated heterocycles. The van der Waals surface area contributed by atoms with E-state index in [0.29, 0.717) is 31.3 Å². The van der Waals surface area contributed by atoms with Gasteiger partial charge in [0, 0.05) is 19.6 Å². The molecule has 1 amide bonds. The Kier molecular flexibility index (Phi) is 4.02. The van der Waals surface area contributed by atoms with Crippen LogP contribution in [0.25, 0.3) is 0 Å². The van der Waals surface area contributed by atoms with Gasteiger partial charge >= 0.3 is 0 Å². The number of anilines is 2. The maximum Gasteiger partial charge on any atom is 0.276 e. The maximum atomic E-state index is 11.7. The molecule has 0 aromatic carbocycles. The smallest absolute Gasteiger partial charge is 0.276 e. The first-order valence-corrected chi connectivity index (χ1v) is 6.47. The van der Waals surface area contributed by atoms with Gasteiger partial charge in [0.1, 0.15) is 17.7 Å². The van der Waals surface area contributed by atoms with E-state index >= 15 is 0 Å². The molecule has 1 aliphatic heterocycles. The molecule has 0 aliphatic carbocycles. The number of hydrogen-bond donors (Lipinski definition) is 2. The van der Waals surface area contributed by atoms with Gasteiger partial charge in [-0.1, -0.05) is 0 Å². The van der Waals surface area contributed by atoms with Crippen molar-refractivity contribution in [2.24, 2.45) is 0 Å². The Balaban J connectivity index is 2.38. The van der Waals surface area contributed by atoms with Gasteiger partial charge in [0.15, 0.2) is 0 Å². The standard InChI is InChI=1S/C12H17N5O3/c1-3-13-10-6-9(17(19)20)7-11(15-10)16-5-4-14-12(18)8(16)2/h6-8H,3-5H2,1-2H3,(H,13,15)(H,14,18). The second-order valence-corrected chi connectivity index (χ2v) is 4.52. The van der Waals surface area contributed by atoms with Crippen molar-refractivity contribution in [3.8, 4) is 0 Å². The highest BCUT2D eigenvalue weighted by Gasteiger charge is 2.27. The van der Waals surface area contributed by atoms with Crippen LogP contribution in [0.3, 0.4) is 0 Å². The number of carbonyl (C=O) groups is 1. The maximum absolute atomic E-state index is 11.7. The molecular weight excluding hydrogens is 262 g/mol. The van der Waals surface area contributed by atoms with Crippen molar-refractivity contribution in [2.75, 3.05) is 29.9 Å². The van der Waals surface area contributed by atoms with E-state index in [1.54, 1.807) is 11.8 Å². The first kappa shape index (κ1) is 14.0. The Morgan fingerprint density at radius 3 is 3.00 bits per heavy atom. The first-order valence-electron chi connectivity index (χ1n) is 6.47. The van der Waals surface area contributed by atoms with E-state index in [2.05, 4.69) is 15.6 Å². The van der Waals surface area contributed by atoms with E-state index in [4.69, 9.17) is 0 Å². The monoisotopic (exact) mass is 279 g/mol. The summed E-state index contributed by atoms with van der Waals surface area (Å²) in [6.07, 6.45) is 0. The molecule has 1 fully saturated rings. The first-order chi connectivity index (χ1) is 9.52. The summed E-state index contributed by atoms with van der Waals surface area (Å²) in [7, 11) is 0. The number of hydrogen-bond acceptors (Lipinski definition) is 6. The van der Waals surface area contributed by atoms with Gasteiger partial charge in [0.05, 0.1) is 17.1 Å². The largest absolute Gasteiger partial charge is 0.370 e. The number of aromatic nitrogens is 1. The molecule has 0 saturated carbocycles. The van der Waals surface area contributed by atoms with Crippen molar-refractivity contribution in [3.05, 3.63) is 22.2 Å². The van der Waals surface area contributed by atoms with Crippen LogP contribution in [0.2, 0.25) is 0 Å². The van der Waals surface area contributed by atoms with Crippen LogP contribution < -0.4 is 15.5 Å². The molecule has 0 spiro atoms. The third-order valence-corrected chi connectivity index (χ3v) is 3.16. The lowest BCUT2D eigenvalue weighted by molar-refractivity contribution is -0.384. The second kappa shape index (κ2) is 5.72. The topological polar surface area (TPSA) is 100 Å². The Morgan fingerprint density at radius 1 is 1.60 bits per heavy atom. The quantitative estimate of drug-likeness (QED) is 0.623. The molecule has 1 aliphatic rings. The highest BCUT2D eigenvalue weighted by atomic mass is 16.6. The van der Waals surface area contributed by atoms with Gasteiger partial charge in [-0.15, -0.1) is 0 Å². The van der Waals surface area contributed by atoms with Crippen molar-refractivity contribution in [1.82, 2.24) is 10.3 Å². The number of nitrogens with zero attached hydrogens (tertiary/aromatic N) is 3. The molecule has 0 radical (unpaired) electrons. The van der Waals surface area contributed by atoms with Crippen molar-refractivity contribution in [1.29, 1.82) is 0 Å². The molecule has 1 atom stereocenters. The van der Waals surface area contributed by atoms with Gasteiger partial charge in [0.25, 0.3) is 5.69 Å². The normalized spacial score (nSPS) is 18.6. The third-order valence-electron chi connectivity index (χ3n) is 3.16. The van der Waals surface area contributed by atoms with Gasteiger partial charge in [-0.25, -0.2) is 4.98 Å². The third kappa shape index (κ3) is 2.79. The fraction of sp³-hybridized carbons (Fsp3) is 0.500. The molecule has 2 N–H and O–H groups in total. The summed E-state index contributed by atoms with van der Waals surface area (Å²) in [4.78, 5) is 28.3. The summed E-state index contributed by atoms with van der Waals surface area (Å²) in [5.41, 5.74) is -0.0378. The zero-order valence-corrected chi connectivity index (χ0v) is 11.4. The van der Waals surface area contributed by atoms with Crippen molar-refractivity contribution >= 4 is 23.2 Å². The minimum Gasteiger partial charge on any atom is -0.370 e. The number of rotatable bonds is 4. The number of nitro groups is 1. The summed E-state index contributed by atoms with van der Waals surface area (Å²) in [5, 5.41) is 16.7. The van der Waals surface area contributed by atoms with Gasteiger partial charge < -0.3 is 15.5 Å². The number of pyridine rings is 1. The second-order valence-electron chi connectivity index (χ2n) is 4.52. The van der Waals surface area contributed by atoms with E-state index < -0.39 is 11.0 Å². The zero-order valence-electron chi connectivity index (χ0n) is 11.4. The molecule has 108 valence electrons. The highest BCUT2D eigenvalue weighted by molar-refractivity contribution is 5.86. The Bertz CT molecular complexity index is 534. The van der Waals surface area contributed by atoms with Crippen LogP contribution in [-0.2, 0) is 4.79 Å². The zero-order chi connectivity index (χ0) is 14.7. The van der Waals surface area contributed by atoms with Crippen molar-refractivity contribution < 1.29 is 9.72 Å². The van der Waals surface area contributed by atoms with Crippen LogP contribution in [0.1, 0.15) is 13.8 Å².